The largest absolute Gasteiger partial charge is 0.460 e. The Bertz CT molecular complexity index is 397. The second-order valence-corrected chi connectivity index (χ2v) is 6.32. The van der Waals surface area contributed by atoms with E-state index in [1.165, 1.54) is 0 Å². The summed E-state index contributed by atoms with van der Waals surface area (Å²) in [4.78, 5) is 14.6. The van der Waals surface area contributed by atoms with Crippen LogP contribution in [0.3, 0.4) is 0 Å². The van der Waals surface area contributed by atoms with E-state index in [0.717, 1.165) is 0 Å². The van der Waals surface area contributed by atoms with Crippen molar-refractivity contribution in [2.45, 2.75) is 71.1 Å². The maximum Gasteiger partial charge on any atom is 0.308 e. The second kappa shape index (κ2) is 6.43. The number of ether oxygens (including phenoxy) is 3. The smallest absolute Gasteiger partial charge is 0.308 e. The van der Waals surface area contributed by atoms with Crippen LogP contribution in [0.4, 0.5) is 0 Å². The Morgan fingerprint density at radius 2 is 2.00 bits per heavy atom. The lowest BCUT2D eigenvalue weighted by molar-refractivity contribution is -0.297. The molecule has 1 fully saturated rings. The lowest BCUT2D eigenvalue weighted by Crippen LogP contribution is -2.46. The summed E-state index contributed by atoms with van der Waals surface area (Å²) >= 11 is 0. The van der Waals surface area contributed by atoms with Gasteiger partial charge in [0.05, 0.1) is 25.2 Å². The summed E-state index contributed by atoms with van der Waals surface area (Å²) in [7, 11) is 0. The maximum atomic E-state index is 11.8. The molecule has 0 radical (unpaired) electrons. The van der Waals surface area contributed by atoms with Gasteiger partial charge in [0.25, 0.3) is 0 Å². The highest BCUT2D eigenvalue weighted by atomic mass is 16.7. The molecule has 0 N–H and O–H groups in total. The summed E-state index contributed by atoms with van der Waals surface area (Å²) < 4.78 is 16.6. The van der Waals surface area contributed by atoms with Gasteiger partial charge in [-0.3, -0.25) is 4.79 Å². The van der Waals surface area contributed by atoms with Gasteiger partial charge in [-0.2, -0.15) is 0 Å². The number of carbonyl (C=O) groups excluding carboxylic acids is 1. The van der Waals surface area contributed by atoms with Crippen LogP contribution in [0.15, 0.2) is 5.11 Å². The summed E-state index contributed by atoms with van der Waals surface area (Å²) in [5, 5.41) is 3.52. The van der Waals surface area contributed by atoms with Crippen LogP contribution in [0, 0.1) is 0 Å². The lowest BCUT2D eigenvalue weighted by Gasteiger charge is -2.40. The first kappa shape index (κ1) is 16.8. The summed E-state index contributed by atoms with van der Waals surface area (Å²) in [6.07, 6.45) is 0.119. The van der Waals surface area contributed by atoms with E-state index < -0.39 is 11.4 Å². The molecule has 0 aromatic rings. The van der Waals surface area contributed by atoms with E-state index in [9.17, 15) is 4.79 Å². The summed E-state index contributed by atoms with van der Waals surface area (Å²) in [6, 6.07) is 0. The van der Waals surface area contributed by atoms with E-state index in [2.05, 4.69) is 10.0 Å². The van der Waals surface area contributed by atoms with Gasteiger partial charge < -0.3 is 14.2 Å². The molecule has 2 atom stereocenters. The number of rotatable bonds is 4. The molecule has 1 aliphatic rings. The fraction of sp³-hybridized carbons (Fsp3) is 0.923. The van der Waals surface area contributed by atoms with Gasteiger partial charge in [0.2, 0.25) is 0 Å². The monoisotopic (exact) mass is 285 g/mol. The van der Waals surface area contributed by atoms with Crippen molar-refractivity contribution in [3.63, 3.8) is 0 Å². The first-order valence-electron chi connectivity index (χ1n) is 6.69. The van der Waals surface area contributed by atoms with E-state index in [1.54, 1.807) is 13.8 Å². The van der Waals surface area contributed by atoms with Gasteiger partial charge >= 0.3 is 5.97 Å². The van der Waals surface area contributed by atoms with Gasteiger partial charge in [0.15, 0.2) is 5.79 Å². The third kappa shape index (κ3) is 6.23. The lowest BCUT2D eigenvalue weighted by atomic mass is 10.1. The van der Waals surface area contributed by atoms with E-state index >= 15 is 0 Å². The standard InChI is InChI=1S/C13H23N3O4/c1-12(2,3)20-11(17)7-9-6-10(8-15-16-14)19-13(4,5)18-9/h9-10H,6-8H2,1-5H3/t9-,10+/m1/s1. The molecule has 0 spiro atoms. The summed E-state index contributed by atoms with van der Waals surface area (Å²) in [5.41, 5.74) is 7.85. The molecule has 0 aromatic carbocycles. The molecule has 7 nitrogen and oxygen atoms in total. The zero-order valence-corrected chi connectivity index (χ0v) is 12.8. The van der Waals surface area contributed by atoms with Gasteiger partial charge in [-0.05, 0) is 40.1 Å². The molecule has 0 bridgehead atoms. The van der Waals surface area contributed by atoms with Crippen molar-refractivity contribution in [2.24, 2.45) is 5.11 Å². The highest BCUT2D eigenvalue weighted by Gasteiger charge is 2.36. The normalized spacial score (nSPS) is 25.6. The molecule has 0 unspecified atom stereocenters. The van der Waals surface area contributed by atoms with E-state index in [-0.39, 0.29) is 31.1 Å². The predicted molar refractivity (Wildman–Crippen MR) is 72.9 cm³/mol. The van der Waals surface area contributed by atoms with Gasteiger partial charge in [-0.1, -0.05) is 5.11 Å². The van der Waals surface area contributed by atoms with Crippen LogP contribution in [-0.2, 0) is 19.0 Å². The Hall–Kier alpha value is -1.30. The molecule has 0 amide bonds. The molecular formula is C13H23N3O4. The quantitative estimate of drug-likeness (QED) is 0.343. The zero-order valence-electron chi connectivity index (χ0n) is 12.8. The fourth-order valence-corrected chi connectivity index (χ4v) is 2.15. The van der Waals surface area contributed by atoms with Crippen molar-refractivity contribution < 1.29 is 19.0 Å². The molecule has 1 rings (SSSR count). The number of azide groups is 1. The van der Waals surface area contributed by atoms with E-state index in [0.29, 0.717) is 6.42 Å². The number of hydrogen-bond donors (Lipinski definition) is 0. The van der Waals surface area contributed by atoms with Crippen LogP contribution >= 0.6 is 0 Å². The summed E-state index contributed by atoms with van der Waals surface area (Å²) in [6.45, 7) is 9.25. The molecule has 1 saturated heterocycles. The average Bonchev–Trinajstić information content (AvgIpc) is 2.21. The van der Waals surface area contributed by atoms with Crippen molar-refractivity contribution in [2.75, 3.05) is 6.54 Å². The molecule has 114 valence electrons. The number of hydrogen-bond acceptors (Lipinski definition) is 5. The predicted octanol–water partition coefficient (Wildman–Crippen LogP) is 2.94. The van der Waals surface area contributed by atoms with Crippen molar-refractivity contribution >= 4 is 5.97 Å². The Kier molecular flexibility index (Phi) is 5.39. The van der Waals surface area contributed by atoms with E-state index in [1.807, 2.05) is 20.8 Å². The van der Waals surface area contributed by atoms with Gasteiger partial charge in [-0.15, -0.1) is 0 Å². The Labute approximate surface area is 119 Å². The molecule has 1 aliphatic heterocycles. The Morgan fingerprint density at radius 3 is 2.55 bits per heavy atom. The molecular weight excluding hydrogens is 262 g/mol. The highest BCUT2D eigenvalue weighted by molar-refractivity contribution is 5.70. The average molecular weight is 285 g/mol. The second-order valence-electron chi connectivity index (χ2n) is 6.32. The Balaban J connectivity index is 2.60. The zero-order chi connectivity index (χ0) is 15.4. The molecule has 0 aromatic heterocycles. The topological polar surface area (TPSA) is 93.5 Å². The van der Waals surface area contributed by atoms with Crippen LogP contribution < -0.4 is 0 Å². The fourth-order valence-electron chi connectivity index (χ4n) is 2.15. The van der Waals surface area contributed by atoms with Crippen LogP contribution in [-0.4, -0.2) is 36.1 Å². The number of esters is 1. The van der Waals surface area contributed by atoms with Crippen molar-refractivity contribution in [1.82, 2.24) is 0 Å². The maximum absolute atomic E-state index is 11.8. The number of nitrogens with zero attached hydrogens (tertiary/aromatic N) is 3. The molecule has 20 heavy (non-hydrogen) atoms. The SMILES string of the molecule is CC(C)(C)OC(=O)C[C@H]1C[C@@H](CN=[N+]=[N-])OC(C)(C)O1. The molecule has 7 heteroatoms. The van der Waals surface area contributed by atoms with Crippen LogP contribution in [0.2, 0.25) is 0 Å². The minimum atomic E-state index is -0.805. The van der Waals surface area contributed by atoms with Gasteiger partial charge in [0, 0.05) is 11.3 Å². The highest BCUT2D eigenvalue weighted by Crippen LogP contribution is 2.29. The van der Waals surface area contributed by atoms with Gasteiger partial charge in [-0.25, -0.2) is 0 Å². The van der Waals surface area contributed by atoms with Crippen molar-refractivity contribution in [3.05, 3.63) is 10.4 Å². The summed E-state index contributed by atoms with van der Waals surface area (Å²) in [5.74, 6) is -1.11. The first-order chi connectivity index (χ1) is 9.11. The Morgan fingerprint density at radius 1 is 1.40 bits per heavy atom. The molecule has 0 saturated carbocycles. The van der Waals surface area contributed by atoms with Gasteiger partial charge in [0.1, 0.15) is 5.60 Å². The molecule has 1 heterocycles. The van der Waals surface area contributed by atoms with Crippen LogP contribution in [0.5, 0.6) is 0 Å². The number of carbonyl (C=O) groups is 1. The van der Waals surface area contributed by atoms with Crippen molar-refractivity contribution in [1.29, 1.82) is 0 Å². The van der Waals surface area contributed by atoms with Crippen molar-refractivity contribution in [3.8, 4) is 0 Å². The minimum absolute atomic E-state index is 0.164. The third-order valence-corrected chi connectivity index (χ3v) is 2.59. The van der Waals surface area contributed by atoms with Crippen LogP contribution in [0.25, 0.3) is 10.4 Å². The first-order valence-corrected chi connectivity index (χ1v) is 6.69. The van der Waals surface area contributed by atoms with Crippen LogP contribution in [0.1, 0.15) is 47.5 Å². The third-order valence-electron chi connectivity index (χ3n) is 2.59. The minimum Gasteiger partial charge on any atom is -0.460 e. The molecule has 0 aliphatic carbocycles. The van der Waals surface area contributed by atoms with E-state index in [4.69, 9.17) is 19.7 Å².